The van der Waals surface area contributed by atoms with Crippen LogP contribution >= 0.6 is 12.4 Å². The van der Waals surface area contributed by atoms with Gasteiger partial charge in [0.05, 0.1) is 11.8 Å². The minimum absolute atomic E-state index is 0. The maximum absolute atomic E-state index is 9.85. The van der Waals surface area contributed by atoms with E-state index in [-0.39, 0.29) is 18.5 Å². The number of aliphatic hydroxyl groups excluding tert-OH is 1. The van der Waals surface area contributed by atoms with Crippen LogP contribution < -0.4 is 10.6 Å². The predicted octanol–water partition coefficient (Wildman–Crippen LogP) is 1.49. The van der Waals surface area contributed by atoms with Crippen molar-refractivity contribution in [3.63, 3.8) is 0 Å². The number of aliphatic hydroxyl groups is 1. The van der Waals surface area contributed by atoms with Crippen LogP contribution in [0.3, 0.4) is 0 Å². The molecule has 0 bridgehead atoms. The molecule has 2 unspecified atom stereocenters. The minimum Gasteiger partial charge on any atom is -0.391 e. The van der Waals surface area contributed by atoms with Crippen LogP contribution in [0.4, 0.5) is 0 Å². The summed E-state index contributed by atoms with van der Waals surface area (Å²) in [7, 11) is 1.97. The monoisotopic (exact) mass is 336 g/mol. The Morgan fingerprint density at radius 1 is 1.35 bits per heavy atom. The zero-order chi connectivity index (χ0) is 15.5. The van der Waals surface area contributed by atoms with Crippen LogP contribution in [0.2, 0.25) is 0 Å². The van der Waals surface area contributed by atoms with Gasteiger partial charge in [0.15, 0.2) is 0 Å². The van der Waals surface area contributed by atoms with Gasteiger partial charge < -0.3 is 15.7 Å². The van der Waals surface area contributed by atoms with Crippen molar-refractivity contribution in [3.05, 3.63) is 41.6 Å². The van der Waals surface area contributed by atoms with Gasteiger partial charge in [0.2, 0.25) is 0 Å². The van der Waals surface area contributed by atoms with Crippen molar-refractivity contribution in [2.24, 2.45) is 13.0 Å². The maximum Gasteiger partial charge on any atom is 0.0716 e. The topological polar surface area (TPSA) is 62.1 Å². The molecule has 2 aromatic rings. The van der Waals surface area contributed by atoms with Gasteiger partial charge in [-0.15, -0.1) is 12.4 Å². The van der Waals surface area contributed by atoms with Crippen molar-refractivity contribution >= 4 is 12.4 Å². The highest BCUT2D eigenvalue weighted by atomic mass is 35.5. The number of aromatic nitrogens is 2. The van der Waals surface area contributed by atoms with E-state index in [2.05, 4.69) is 40.9 Å². The summed E-state index contributed by atoms with van der Waals surface area (Å²) < 4.78 is 1.91. The number of aryl methyl sites for hydroxylation is 2. The summed E-state index contributed by atoms with van der Waals surface area (Å²) in [6, 6.07) is 8.57. The lowest BCUT2D eigenvalue weighted by atomic mass is 10.0. The zero-order valence-electron chi connectivity index (χ0n) is 13.6. The molecular weight excluding hydrogens is 312 g/mol. The van der Waals surface area contributed by atoms with Crippen LogP contribution in [0, 0.1) is 12.8 Å². The third-order valence-electron chi connectivity index (χ3n) is 4.39. The Hall–Kier alpha value is -1.40. The van der Waals surface area contributed by atoms with Gasteiger partial charge in [-0.3, -0.25) is 4.68 Å². The van der Waals surface area contributed by atoms with Crippen LogP contribution in [0.15, 0.2) is 30.5 Å². The number of nitrogens with one attached hydrogen (secondary N) is 2. The van der Waals surface area contributed by atoms with Crippen LogP contribution in [0.1, 0.15) is 11.1 Å². The molecule has 1 aliphatic rings. The highest BCUT2D eigenvalue weighted by molar-refractivity contribution is 5.85. The number of halogens is 1. The number of hydrogen-bond donors (Lipinski definition) is 3. The van der Waals surface area contributed by atoms with E-state index >= 15 is 0 Å². The van der Waals surface area contributed by atoms with Crippen molar-refractivity contribution in [1.82, 2.24) is 20.4 Å². The second-order valence-corrected chi connectivity index (χ2v) is 6.12. The van der Waals surface area contributed by atoms with E-state index < -0.39 is 0 Å². The lowest BCUT2D eigenvalue weighted by Gasteiger charge is -2.16. The van der Waals surface area contributed by atoms with Gasteiger partial charge in [-0.25, -0.2) is 0 Å². The first kappa shape index (κ1) is 17.9. The van der Waals surface area contributed by atoms with Crippen LogP contribution in [-0.4, -0.2) is 40.6 Å². The van der Waals surface area contributed by atoms with Crippen molar-refractivity contribution < 1.29 is 5.11 Å². The summed E-state index contributed by atoms with van der Waals surface area (Å²) >= 11 is 0. The van der Waals surface area contributed by atoms with Gasteiger partial charge in [-0.1, -0.05) is 17.7 Å². The van der Waals surface area contributed by atoms with Gasteiger partial charge in [-0.2, -0.15) is 5.10 Å². The molecule has 1 aromatic heterocycles. The smallest absolute Gasteiger partial charge is 0.0716 e. The molecule has 2 atom stereocenters. The molecule has 0 radical (unpaired) electrons. The molecule has 1 saturated heterocycles. The molecule has 1 fully saturated rings. The molecule has 0 amide bonds. The number of β-amino-alcohol motifs (C(OH)–C–C–N with tert-alkyl or cyclic N) is 1. The summed E-state index contributed by atoms with van der Waals surface area (Å²) in [5.74, 6) is 0.297. The van der Waals surface area contributed by atoms with Gasteiger partial charge >= 0.3 is 0 Å². The Balaban J connectivity index is 0.00000192. The second-order valence-electron chi connectivity index (χ2n) is 6.12. The molecule has 5 nitrogen and oxygen atoms in total. The zero-order valence-corrected chi connectivity index (χ0v) is 14.4. The third kappa shape index (κ3) is 4.12. The number of nitrogens with zero attached hydrogens (tertiary/aromatic N) is 2. The first-order valence-corrected chi connectivity index (χ1v) is 7.82. The largest absolute Gasteiger partial charge is 0.391 e. The molecule has 3 rings (SSSR count). The highest BCUT2D eigenvalue weighted by Gasteiger charge is 2.24. The lowest BCUT2D eigenvalue weighted by molar-refractivity contribution is 0.146. The first-order valence-electron chi connectivity index (χ1n) is 7.82. The van der Waals surface area contributed by atoms with Crippen molar-refractivity contribution in [3.8, 4) is 11.3 Å². The van der Waals surface area contributed by atoms with E-state index in [1.54, 1.807) is 0 Å². The fourth-order valence-electron chi connectivity index (χ4n) is 3.04. The van der Waals surface area contributed by atoms with Gasteiger partial charge in [0.25, 0.3) is 0 Å². The molecule has 0 spiro atoms. The average Bonchev–Trinajstić information content (AvgIpc) is 3.09. The van der Waals surface area contributed by atoms with Crippen LogP contribution in [0.5, 0.6) is 0 Å². The SMILES string of the molecule is Cc1ccc(CNCC2CNCC2O)c(-c2ccnn2C)c1.Cl. The molecule has 2 heterocycles. The molecule has 0 saturated carbocycles. The fourth-order valence-corrected chi connectivity index (χ4v) is 3.04. The molecule has 1 aromatic carbocycles. The molecule has 126 valence electrons. The van der Waals surface area contributed by atoms with Gasteiger partial charge in [0.1, 0.15) is 0 Å². The molecule has 3 N–H and O–H groups in total. The summed E-state index contributed by atoms with van der Waals surface area (Å²) in [6.45, 7) is 5.32. The van der Waals surface area contributed by atoms with E-state index in [9.17, 15) is 5.11 Å². The van der Waals surface area contributed by atoms with Crippen molar-refractivity contribution in [2.45, 2.75) is 19.6 Å². The number of hydrogen-bond acceptors (Lipinski definition) is 4. The standard InChI is InChI=1S/C17H24N4O.ClH/c1-12-3-4-13(8-18-9-14-10-19-11-17(14)22)15(7-12)16-5-6-20-21(16)2;/h3-7,14,17-19,22H,8-11H2,1-2H3;1H. The summed E-state index contributed by atoms with van der Waals surface area (Å²) in [6.07, 6.45) is 1.59. The van der Waals surface area contributed by atoms with Gasteiger partial charge in [0, 0.05) is 50.9 Å². The minimum atomic E-state index is -0.234. The summed E-state index contributed by atoms with van der Waals surface area (Å²) in [5, 5.41) is 20.8. The molecule has 23 heavy (non-hydrogen) atoms. The third-order valence-corrected chi connectivity index (χ3v) is 4.39. The Kier molecular flexibility index (Phi) is 6.18. The first-order chi connectivity index (χ1) is 10.6. The molecule has 6 heteroatoms. The van der Waals surface area contributed by atoms with Crippen LogP contribution in [-0.2, 0) is 13.6 Å². The van der Waals surface area contributed by atoms with Crippen molar-refractivity contribution in [2.75, 3.05) is 19.6 Å². The Labute approximate surface area is 143 Å². The normalized spacial score (nSPS) is 20.5. The number of rotatable bonds is 5. The maximum atomic E-state index is 9.85. The fraction of sp³-hybridized carbons (Fsp3) is 0.471. The Bertz CT molecular complexity index is 643. The Morgan fingerprint density at radius 2 is 2.17 bits per heavy atom. The number of benzene rings is 1. The van der Waals surface area contributed by atoms with Crippen LogP contribution in [0.25, 0.3) is 11.3 Å². The highest BCUT2D eigenvalue weighted by Crippen LogP contribution is 2.24. The summed E-state index contributed by atoms with van der Waals surface area (Å²) in [4.78, 5) is 0. The molecular formula is C17H25ClN4O. The Morgan fingerprint density at radius 3 is 2.83 bits per heavy atom. The molecule has 1 aliphatic heterocycles. The van der Waals surface area contributed by atoms with Gasteiger partial charge in [-0.05, 0) is 24.6 Å². The summed E-state index contributed by atoms with van der Waals surface area (Å²) in [5.41, 5.74) is 4.85. The predicted molar refractivity (Wildman–Crippen MR) is 94.7 cm³/mol. The molecule has 0 aliphatic carbocycles. The van der Waals surface area contributed by atoms with E-state index in [4.69, 9.17) is 0 Å². The van der Waals surface area contributed by atoms with E-state index in [1.807, 2.05) is 24.0 Å². The van der Waals surface area contributed by atoms with E-state index in [1.165, 1.54) is 16.7 Å². The lowest BCUT2D eigenvalue weighted by Crippen LogP contribution is -2.30. The van der Waals surface area contributed by atoms with E-state index in [0.29, 0.717) is 12.5 Å². The van der Waals surface area contributed by atoms with Crippen molar-refractivity contribution in [1.29, 1.82) is 0 Å². The average molecular weight is 337 g/mol. The quantitative estimate of drug-likeness (QED) is 0.774. The van der Waals surface area contributed by atoms with E-state index in [0.717, 1.165) is 25.3 Å². The second kappa shape index (κ2) is 7.93.